The Morgan fingerprint density at radius 2 is 1.34 bits per heavy atom. The highest BCUT2D eigenvalue weighted by atomic mass is 15.1. The van der Waals surface area contributed by atoms with Crippen LogP contribution in [-0.4, -0.2) is 6.54 Å². The van der Waals surface area contributed by atoms with Crippen molar-refractivity contribution < 1.29 is 0 Å². The molecule has 6 aromatic carbocycles. The Morgan fingerprint density at radius 3 is 2.03 bits per heavy atom. The van der Waals surface area contributed by atoms with E-state index in [0.29, 0.717) is 6.54 Å². The van der Waals surface area contributed by atoms with Gasteiger partial charge in [0.25, 0.3) is 0 Å². The second kappa shape index (κ2) is 17.4. The molecule has 4 aliphatic rings. The van der Waals surface area contributed by atoms with Crippen LogP contribution in [0.15, 0.2) is 265 Å². The van der Waals surface area contributed by atoms with Gasteiger partial charge in [-0.1, -0.05) is 213 Å². The Labute approximate surface area is 379 Å². The van der Waals surface area contributed by atoms with Gasteiger partial charge in [-0.25, -0.2) is 0 Å². The van der Waals surface area contributed by atoms with E-state index in [1.807, 2.05) is 12.2 Å². The molecule has 0 aromatic heterocycles. The molecule has 1 nitrogen and oxygen atoms in total. The lowest BCUT2D eigenvalue weighted by atomic mass is 9.67. The van der Waals surface area contributed by atoms with Crippen LogP contribution in [0.3, 0.4) is 0 Å². The molecule has 310 valence electrons. The monoisotopic (exact) mass is 823 g/mol. The van der Waals surface area contributed by atoms with Gasteiger partial charge in [0.1, 0.15) is 0 Å². The number of rotatable bonds is 11. The van der Waals surface area contributed by atoms with Gasteiger partial charge in [-0.05, 0) is 134 Å². The molecule has 4 aliphatic carbocycles. The molecule has 1 atom stereocenters. The summed E-state index contributed by atoms with van der Waals surface area (Å²) in [5, 5.41) is 0. The van der Waals surface area contributed by atoms with Crippen molar-refractivity contribution in [1.82, 2.24) is 0 Å². The minimum Gasteiger partial charge on any atom is -0.337 e. The molecule has 10 rings (SSSR count). The number of fused-ring (bicyclic) bond motifs is 9. The Hall–Kier alpha value is -7.48. The first-order valence-corrected chi connectivity index (χ1v) is 22.6. The summed E-state index contributed by atoms with van der Waals surface area (Å²) >= 11 is 0. The van der Waals surface area contributed by atoms with E-state index in [-0.39, 0.29) is 5.92 Å². The number of nitrogens with zero attached hydrogens (tertiary/aromatic N) is 1. The maximum atomic E-state index is 4.39. The van der Waals surface area contributed by atoms with Gasteiger partial charge in [0.15, 0.2) is 0 Å². The second-order valence-corrected chi connectivity index (χ2v) is 17.1. The van der Waals surface area contributed by atoms with Gasteiger partial charge in [0.2, 0.25) is 0 Å². The highest BCUT2D eigenvalue weighted by molar-refractivity contribution is 5.93. The van der Waals surface area contributed by atoms with E-state index in [1.54, 1.807) is 0 Å². The van der Waals surface area contributed by atoms with E-state index in [9.17, 15) is 0 Å². The zero-order valence-corrected chi connectivity index (χ0v) is 36.8. The first-order chi connectivity index (χ1) is 31.6. The number of hydrogen-bond donors (Lipinski definition) is 0. The number of anilines is 1. The summed E-state index contributed by atoms with van der Waals surface area (Å²) in [4.78, 5) is 2.57. The number of hydrogen-bond acceptors (Lipinski definition) is 1. The molecule has 0 N–H and O–H groups in total. The zero-order valence-electron chi connectivity index (χ0n) is 36.8. The summed E-state index contributed by atoms with van der Waals surface area (Å²) in [6, 6.07) is 56.4. The Morgan fingerprint density at radius 1 is 0.688 bits per heavy atom. The van der Waals surface area contributed by atoms with Crippen LogP contribution in [0.25, 0.3) is 27.8 Å². The van der Waals surface area contributed by atoms with Crippen LogP contribution in [-0.2, 0) is 5.41 Å². The van der Waals surface area contributed by atoms with E-state index in [4.69, 9.17) is 0 Å². The van der Waals surface area contributed by atoms with Crippen molar-refractivity contribution in [1.29, 1.82) is 0 Å². The highest BCUT2D eigenvalue weighted by Crippen LogP contribution is 2.57. The maximum Gasteiger partial charge on any atom is 0.0714 e. The summed E-state index contributed by atoms with van der Waals surface area (Å²) in [5.74, 6) is 0.279. The lowest BCUT2D eigenvalue weighted by Crippen LogP contribution is -2.30. The molecule has 0 saturated heterocycles. The quantitative estimate of drug-likeness (QED) is 0.117. The molecule has 0 aliphatic heterocycles. The molecule has 0 bridgehead atoms. The fourth-order valence-electron chi connectivity index (χ4n) is 10.8. The van der Waals surface area contributed by atoms with Gasteiger partial charge >= 0.3 is 0 Å². The van der Waals surface area contributed by atoms with Gasteiger partial charge in [-0.2, -0.15) is 0 Å². The predicted molar refractivity (Wildman–Crippen MR) is 272 cm³/mol. The average Bonchev–Trinajstić information content (AvgIpc) is 3.66. The van der Waals surface area contributed by atoms with Crippen molar-refractivity contribution >= 4 is 11.3 Å². The van der Waals surface area contributed by atoms with Crippen molar-refractivity contribution in [2.45, 2.75) is 38.0 Å². The van der Waals surface area contributed by atoms with E-state index in [0.717, 1.165) is 29.7 Å². The van der Waals surface area contributed by atoms with Crippen molar-refractivity contribution in [2.75, 3.05) is 11.4 Å². The van der Waals surface area contributed by atoms with Crippen LogP contribution in [0.4, 0.5) is 5.69 Å². The van der Waals surface area contributed by atoms with Crippen LogP contribution in [0.5, 0.6) is 0 Å². The average molecular weight is 824 g/mol. The Kier molecular flexibility index (Phi) is 11.0. The topological polar surface area (TPSA) is 3.24 Å². The first-order valence-electron chi connectivity index (χ1n) is 22.6. The fourth-order valence-corrected chi connectivity index (χ4v) is 10.8. The normalized spacial score (nSPS) is 17.8. The molecule has 0 radical (unpaired) electrons. The maximum absolute atomic E-state index is 4.39. The van der Waals surface area contributed by atoms with Crippen LogP contribution in [0.1, 0.15) is 66.0 Å². The van der Waals surface area contributed by atoms with E-state index >= 15 is 0 Å². The third kappa shape index (κ3) is 6.80. The van der Waals surface area contributed by atoms with E-state index in [2.05, 4.69) is 238 Å². The van der Waals surface area contributed by atoms with Crippen molar-refractivity contribution in [3.8, 4) is 22.3 Å². The number of allylic oxidation sites excluding steroid dienone is 15. The largest absolute Gasteiger partial charge is 0.337 e. The molecule has 0 spiro atoms. The van der Waals surface area contributed by atoms with Crippen LogP contribution in [0.2, 0.25) is 0 Å². The van der Waals surface area contributed by atoms with Gasteiger partial charge in [-0.15, -0.1) is 0 Å². The lowest BCUT2D eigenvalue weighted by Gasteiger charge is -2.37. The molecule has 0 amide bonds. The second-order valence-electron chi connectivity index (χ2n) is 17.1. The predicted octanol–water partition coefficient (Wildman–Crippen LogP) is 16.0. The van der Waals surface area contributed by atoms with E-state index in [1.165, 1.54) is 83.6 Å². The van der Waals surface area contributed by atoms with Crippen molar-refractivity contribution in [2.24, 2.45) is 0 Å². The summed E-state index contributed by atoms with van der Waals surface area (Å²) in [6.45, 7) is 13.7. The van der Waals surface area contributed by atoms with Crippen molar-refractivity contribution in [3.05, 3.63) is 299 Å². The third-order valence-electron chi connectivity index (χ3n) is 13.8. The molecule has 0 saturated carbocycles. The molecule has 1 heteroatoms. The summed E-state index contributed by atoms with van der Waals surface area (Å²) in [7, 11) is 0. The SMILES string of the molecule is C=CC(=C1\C=CC=CC1)/C(C=C)=C(C)/C(=C/C=C\C)CN(C1=CCC2C(=C1)c1ccccc1-c1ccccc12)c1ccc2c(c1)C(c1ccccc1)(c1ccccc1)c1ccccc1-2. The highest BCUT2D eigenvalue weighted by Gasteiger charge is 2.46. The van der Waals surface area contributed by atoms with E-state index < -0.39 is 5.41 Å². The third-order valence-corrected chi connectivity index (χ3v) is 13.8. The molecule has 0 fully saturated rings. The molecule has 0 heterocycles. The molecule has 64 heavy (non-hydrogen) atoms. The van der Waals surface area contributed by atoms with Crippen molar-refractivity contribution in [3.63, 3.8) is 0 Å². The molecule has 6 aromatic rings. The van der Waals surface area contributed by atoms with Crippen LogP contribution in [0, 0.1) is 0 Å². The van der Waals surface area contributed by atoms with Gasteiger partial charge < -0.3 is 4.90 Å². The zero-order chi connectivity index (χ0) is 43.6. The summed E-state index contributed by atoms with van der Waals surface area (Å²) in [5.41, 5.74) is 22.1. The Bertz CT molecular complexity index is 3020. The lowest BCUT2D eigenvalue weighted by molar-refractivity contribution is 0.767. The molecular weight excluding hydrogens is 771 g/mol. The van der Waals surface area contributed by atoms with Crippen LogP contribution >= 0.6 is 0 Å². The first kappa shape index (κ1) is 40.6. The minimum absolute atomic E-state index is 0.279. The smallest absolute Gasteiger partial charge is 0.0714 e. The Balaban J connectivity index is 1.20. The summed E-state index contributed by atoms with van der Waals surface area (Å²) < 4.78 is 0. The van der Waals surface area contributed by atoms with Gasteiger partial charge in [0, 0.05) is 23.8 Å². The molecular formula is C63H53N. The fraction of sp³-hybridized carbons (Fsp3) is 0.111. The van der Waals surface area contributed by atoms with Gasteiger partial charge in [-0.3, -0.25) is 0 Å². The summed E-state index contributed by atoms with van der Waals surface area (Å²) in [6.07, 6.45) is 26.0. The van der Waals surface area contributed by atoms with Crippen LogP contribution < -0.4 is 4.90 Å². The minimum atomic E-state index is -0.519. The number of benzene rings is 6. The molecule has 1 unspecified atom stereocenters. The standard InChI is InChI=1S/C63H53N/c1-5-8-24-46(44(4)51(6-2)52(7-3)45-25-12-9-13-26-45)43-64(49-37-39-57-55-33-19-18-31-53(55)54-32-20-21-34-56(54)60(57)41-49)50-38-40-59-58-35-22-23-36-61(58)63(62(59)42-50,47-27-14-10-15-28-47)48-29-16-11-17-30-48/h5-25,27-38,40-42,57H,2-3,26,39,43H2,1,4H3/b8-5-,46-24+,51-44+,52-45-. The van der Waals surface area contributed by atoms with Gasteiger partial charge in [0.05, 0.1) is 5.41 Å².